The van der Waals surface area contributed by atoms with E-state index in [9.17, 15) is 9.59 Å². The quantitative estimate of drug-likeness (QED) is 0.834. The van der Waals surface area contributed by atoms with Crippen molar-refractivity contribution < 1.29 is 9.59 Å². The first-order chi connectivity index (χ1) is 9.65. The van der Waals surface area contributed by atoms with E-state index in [1.165, 1.54) is 12.1 Å². The average Bonchev–Trinajstić information content (AvgIpc) is 2.46. The molecule has 0 heterocycles. The highest BCUT2D eigenvalue weighted by Gasteiger charge is 2.02. The van der Waals surface area contributed by atoms with E-state index < -0.39 is 5.91 Å². The van der Waals surface area contributed by atoms with Crippen LogP contribution in [-0.2, 0) is 4.79 Å². The largest absolute Gasteiger partial charge is 0.366 e. The first-order valence-corrected chi connectivity index (χ1v) is 6.09. The molecule has 2 aromatic carbocycles. The molecule has 0 bridgehead atoms. The number of amides is 2. The molecule has 0 spiro atoms. The van der Waals surface area contributed by atoms with Crippen LogP contribution >= 0.6 is 0 Å². The van der Waals surface area contributed by atoms with Crippen LogP contribution in [-0.4, -0.2) is 11.8 Å². The van der Waals surface area contributed by atoms with Gasteiger partial charge in [0.05, 0.1) is 0 Å². The molecule has 0 aliphatic rings. The molecule has 0 aliphatic carbocycles. The molecule has 2 aromatic rings. The molecule has 0 fully saturated rings. The second-order valence-electron chi connectivity index (χ2n) is 4.18. The monoisotopic (exact) mass is 266 g/mol. The van der Waals surface area contributed by atoms with Crippen LogP contribution in [0.3, 0.4) is 0 Å². The first-order valence-electron chi connectivity index (χ1n) is 6.09. The minimum atomic E-state index is -0.527. The van der Waals surface area contributed by atoms with Crippen LogP contribution in [0.25, 0.3) is 6.08 Å². The minimum Gasteiger partial charge on any atom is -0.366 e. The van der Waals surface area contributed by atoms with Crippen LogP contribution in [0, 0.1) is 0 Å². The molecule has 0 radical (unpaired) electrons. The summed E-state index contributed by atoms with van der Waals surface area (Å²) >= 11 is 0. The predicted molar refractivity (Wildman–Crippen MR) is 79.1 cm³/mol. The molecule has 4 nitrogen and oxygen atoms in total. The van der Waals surface area contributed by atoms with Gasteiger partial charge in [0.1, 0.15) is 0 Å². The maximum absolute atomic E-state index is 11.8. The van der Waals surface area contributed by atoms with Crippen LogP contribution in [0.4, 0.5) is 5.69 Å². The van der Waals surface area contributed by atoms with Crippen molar-refractivity contribution in [3.8, 4) is 0 Å². The standard InChI is InChI=1S/C16H14N2O2/c17-16(20)13-7-4-8-14(11-13)18-15(19)10-9-12-5-2-1-3-6-12/h1-11H,(H2,17,20)(H,18,19)/b10-9+. The zero-order valence-electron chi connectivity index (χ0n) is 10.7. The van der Waals surface area contributed by atoms with Gasteiger partial charge in [0.25, 0.3) is 0 Å². The molecule has 0 unspecified atom stereocenters. The third-order valence-corrected chi connectivity index (χ3v) is 2.64. The smallest absolute Gasteiger partial charge is 0.248 e. The molecule has 0 atom stereocenters. The lowest BCUT2D eigenvalue weighted by molar-refractivity contribution is -0.111. The third-order valence-electron chi connectivity index (χ3n) is 2.64. The molecular weight excluding hydrogens is 252 g/mol. The van der Waals surface area contributed by atoms with E-state index in [4.69, 9.17) is 5.73 Å². The highest BCUT2D eigenvalue weighted by Crippen LogP contribution is 2.10. The van der Waals surface area contributed by atoms with E-state index in [0.29, 0.717) is 11.3 Å². The van der Waals surface area contributed by atoms with E-state index in [2.05, 4.69) is 5.32 Å². The van der Waals surface area contributed by atoms with Gasteiger partial charge in [-0.15, -0.1) is 0 Å². The zero-order chi connectivity index (χ0) is 14.4. The van der Waals surface area contributed by atoms with Crippen molar-refractivity contribution in [2.45, 2.75) is 0 Å². The number of anilines is 1. The van der Waals surface area contributed by atoms with E-state index in [1.807, 2.05) is 30.3 Å². The van der Waals surface area contributed by atoms with Crippen molar-refractivity contribution in [3.63, 3.8) is 0 Å². The Morgan fingerprint density at radius 3 is 2.45 bits per heavy atom. The number of carbonyl (C=O) groups is 2. The van der Waals surface area contributed by atoms with E-state index >= 15 is 0 Å². The van der Waals surface area contributed by atoms with Gasteiger partial charge >= 0.3 is 0 Å². The van der Waals surface area contributed by atoms with Gasteiger partial charge in [-0.1, -0.05) is 36.4 Å². The minimum absolute atomic E-state index is 0.268. The number of benzene rings is 2. The summed E-state index contributed by atoms with van der Waals surface area (Å²) in [6.07, 6.45) is 3.15. The van der Waals surface area contributed by atoms with Gasteiger partial charge in [0.15, 0.2) is 0 Å². The molecule has 2 amide bonds. The lowest BCUT2D eigenvalue weighted by Crippen LogP contribution is -2.12. The van der Waals surface area contributed by atoms with Crippen LogP contribution in [0.1, 0.15) is 15.9 Å². The predicted octanol–water partition coefficient (Wildman–Crippen LogP) is 2.44. The fourth-order valence-corrected chi connectivity index (χ4v) is 1.67. The van der Waals surface area contributed by atoms with Crippen LogP contribution < -0.4 is 11.1 Å². The van der Waals surface area contributed by atoms with E-state index in [0.717, 1.165) is 5.56 Å². The van der Waals surface area contributed by atoms with Gasteiger partial charge < -0.3 is 11.1 Å². The lowest BCUT2D eigenvalue weighted by atomic mass is 10.2. The Balaban J connectivity index is 2.03. The summed E-state index contributed by atoms with van der Waals surface area (Å²) in [6, 6.07) is 16.0. The molecule has 0 aromatic heterocycles. The van der Waals surface area contributed by atoms with E-state index in [-0.39, 0.29) is 5.91 Å². The molecular formula is C16H14N2O2. The lowest BCUT2D eigenvalue weighted by Gasteiger charge is -2.03. The van der Waals surface area contributed by atoms with Gasteiger partial charge in [-0.05, 0) is 29.8 Å². The molecule has 100 valence electrons. The Bertz CT molecular complexity index is 649. The fourth-order valence-electron chi connectivity index (χ4n) is 1.67. The second kappa shape index (κ2) is 6.33. The number of primary amides is 1. The Labute approximate surface area is 116 Å². The van der Waals surface area contributed by atoms with Crippen molar-refractivity contribution in [2.75, 3.05) is 5.32 Å². The number of hydrogen-bond acceptors (Lipinski definition) is 2. The van der Waals surface area contributed by atoms with Gasteiger partial charge in [-0.2, -0.15) is 0 Å². The van der Waals surface area contributed by atoms with Gasteiger partial charge in [-0.3, -0.25) is 9.59 Å². The fraction of sp³-hybridized carbons (Fsp3) is 0. The molecule has 0 saturated heterocycles. The maximum Gasteiger partial charge on any atom is 0.248 e. The van der Waals surface area contributed by atoms with Gasteiger partial charge in [-0.25, -0.2) is 0 Å². The van der Waals surface area contributed by atoms with Crippen LogP contribution in [0.15, 0.2) is 60.7 Å². The second-order valence-corrected chi connectivity index (χ2v) is 4.18. The van der Waals surface area contributed by atoms with Crippen LogP contribution in [0.2, 0.25) is 0 Å². The zero-order valence-corrected chi connectivity index (χ0v) is 10.7. The first kappa shape index (κ1) is 13.5. The average molecular weight is 266 g/mol. The topological polar surface area (TPSA) is 72.2 Å². The van der Waals surface area contributed by atoms with Crippen molar-refractivity contribution in [1.82, 2.24) is 0 Å². The summed E-state index contributed by atoms with van der Waals surface area (Å²) in [5, 5.41) is 2.67. The Morgan fingerprint density at radius 1 is 1.00 bits per heavy atom. The Kier molecular flexibility index (Phi) is 4.29. The van der Waals surface area contributed by atoms with Crippen molar-refractivity contribution >= 4 is 23.6 Å². The number of nitrogens with two attached hydrogens (primary N) is 1. The maximum atomic E-state index is 11.8. The summed E-state index contributed by atoms with van der Waals surface area (Å²) < 4.78 is 0. The molecule has 0 aliphatic heterocycles. The Hall–Kier alpha value is -2.88. The number of carbonyl (C=O) groups excluding carboxylic acids is 2. The molecule has 20 heavy (non-hydrogen) atoms. The summed E-state index contributed by atoms with van der Waals surface area (Å²) in [5.74, 6) is -0.795. The van der Waals surface area contributed by atoms with E-state index in [1.54, 1.807) is 24.3 Å². The molecule has 3 N–H and O–H groups in total. The Morgan fingerprint density at radius 2 is 1.75 bits per heavy atom. The van der Waals surface area contributed by atoms with Crippen molar-refractivity contribution in [2.24, 2.45) is 5.73 Å². The van der Waals surface area contributed by atoms with Crippen LogP contribution in [0.5, 0.6) is 0 Å². The van der Waals surface area contributed by atoms with Crippen molar-refractivity contribution in [3.05, 3.63) is 71.8 Å². The number of hydrogen-bond donors (Lipinski definition) is 2. The summed E-state index contributed by atoms with van der Waals surface area (Å²) in [7, 11) is 0. The highest BCUT2D eigenvalue weighted by molar-refractivity contribution is 6.02. The summed E-state index contributed by atoms with van der Waals surface area (Å²) in [6.45, 7) is 0. The number of nitrogens with one attached hydrogen (secondary N) is 1. The normalized spacial score (nSPS) is 10.4. The number of rotatable bonds is 4. The summed E-state index contributed by atoms with van der Waals surface area (Å²) in [4.78, 5) is 22.8. The SMILES string of the molecule is NC(=O)c1cccc(NC(=O)/C=C/c2ccccc2)c1. The van der Waals surface area contributed by atoms with Crippen molar-refractivity contribution in [1.29, 1.82) is 0 Å². The van der Waals surface area contributed by atoms with Gasteiger partial charge in [0, 0.05) is 17.3 Å². The summed E-state index contributed by atoms with van der Waals surface area (Å²) in [5.41, 5.74) is 7.01. The van der Waals surface area contributed by atoms with Gasteiger partial charge in [0.2, 0.25) is 11.8 Å². The molecule has 2 rings (SSSR count). The third kappa shape index (κ3) is 3.81. The molecule has 0 saturated carbocycles. The molecule has 4 heteroatoms. The highest BCUT2D eigenvalue weighted by atomic mass is 16.1.